The van der Waals surface area contributed by atoms with Crippen LogP contribution in [0.3, 0.4) is 0 Å². The lowest BCUT2D eigenvalue weighted by molar-refractivity contribution is -0.896. The number of piperidine rings is 1. The summed E-state index contributed by atoms with van der Waals surface area (Å²) in [5.74, 6) is -0.629. The van der Waals surface area contributed by atoms with Gasteiger partial charge >= 0.3 is 0 Å². The molecule has 12 nitrogen and oxygen atoms in total. The summed E-state index contributed by atoms with van der Waals surface area (Å²) in [4.78, 5) is 60.4. The van der Waals surface area contributed by atoms with E-state index < -0.39 is 18.0 Å². The number of rotatable bonds is 13. The fourth-order valence-electron chi connectivity index (χ4n) is 4.92. The molecule has 3 rings (SSSR count). The van der Waals surface area contributed by atoms with Gasteiger partial charge < -0.3 is 31.5 Å². The number of Topliss-reactive ketones (excluding diaryl/α,β-unsaturated/α-hetero) is 1. The molecule has 0 spiro atoms. The third kappa shape index (κ3) is 9.05. The third-order valence-corrected chi connectivity index (χ3v) is 8.06. The summed E-state index contributed by atoms with van der Waals surface area (Å²) in [5, 5.41) is 7.58. The minimum Gasteiger partial charge on any atom is -0.370 e. The number of hydrogen-bond acceptors (Lipinski definition) is 7. The van der Waals surface area contributed by atoms with E-state index in [9.17, 15) is 19.2 Å². The Hall–Kier alpha value is -3.06. The van der Waals surface area contributed by atoms with Crippen LogP contribution in [0.2, 0.25) is 0 Å². The summed E-state index contributed by atoms with van der Waals surface area (Å²) >= 11 is 1.20. The number of quaternary nitrogens is 1. The number of carbonyl (C=O) groups is 4. The number of guanidine groups is 1. The van der Waals surface area contributed by atoms with Crippen molar-refractivity contribution in [3.8, 4) is 0 Å². The second-order valence-corrected chi connectivity index (χ2v) is 11.7. The van der Waals surface area contributed by atoms with Crippen molar-refractivity contribution in [2.24, 2.45) is 22.4 Å². The molecule has 3 heterocycles. The van der Waals surface area contributed by atoms with Crippen LogP contribution >= 0.6 is 11.3 Å². The van der Waals surface area contributed by atoms with Crippen LogP contribution < -0.4 is 22.1 Å². The predicted molar refractivity (Wildman–Crippen MR) is 145 cm³/mol. The third-order valence-electron chi connectivity index (χ3n) is 7.27. The maximum atomic E-state index is 12.9. The van der Waals surface area contributed by atoms with Crippen LogP contribution in [0.1, 0.15) is 54.7 Å². The molecule has 2 fully saturated rings. The highest BCUT2D eigenvalue weighted by molar-refractivity contribution is 7.11. The van der Waals surface area contributed by atoms with Gasteiger partial charge in [-0.2, -0.15) is 0 Å². The molecule has 2 saturated heterocycles. The van der Waals surface area contributed by atoms with E-state index >= 15 is 0 Å². The molecule has 0 radical (unpaired) electrons. The van der Waals surface area contributed by atoms with Crippen molar-refractivity contribution < 1.29 is 23.7 Å². The molecule has 0 bridgehead atoms. The van der Waals surface area contributed by atoms with Gasteiger partial charge in [0.05, 0.1) is 39.8 Å². The minimum atomic E-state index is -0.805. The fourth-order valence-corrected chi connectivity index (χ4v) is 5.55. The van der Waals surface area contributed by atoms with E-state index in [0.717, 1.165) is 36.8 Å². The summed E-state index contributed by atoms with van der Waals surface area (Å²) in [6.07, 6.45) is 6.26. The van der Waals surface area contributed by atoms with Gasteiger partial charge in [0, 0.05) is 31.1 Å². The zero-order chi connectivity index (χ0) is 27.7. The molecule has 2 atom stereocenters. The average Bonchev–Trinajstić information content (AvgIpc) is 3.51. The van der Waals surface area contributed by atoms with Crippen molar-refractivity contribution >= 4 is 40.8 Å². The molecular formula is C25H41N8O4S+. The van der Waals surface area contributed by atoms with Gasteiger partial charge in [0.1, 0.15) is 6.04 Å². The Labute approximate surface area is 227 Å². The second-order valence-electron chi connectivity index (χ2n) is 10.8. The molecule has 0 aromatic carbocycles. The van der Waals surface area contributed by atoms with Crippen molar-refractivity contribution in [3.63, 3.8) is 0 Å². The summed E-state index contributed by atoms with van der Waals surface area (Å²) in [6, 6.07) is -1.43. The van der Waals surface area contributed by atoms with Crippen LogP contribution in [0, 0.1) is 5.92 Å². The average molecular weight is 550 g/mol. The zero-order valence-electron chi connectivity index (χ0n) is 22.4. The van der Waals surface area contributed by atoms with Crippen molar-refractivity contribution in [3.05, 3.63) is 16.6 Å². The lowest BCUT2D eigenvalue weighted by Crippen LogP contribution is -2.48. The molecule has 6 N–H and O–H groups in total. The van der Waals surface area contributed by atoms with E-state index in [1.807, 2.05) is 0 Å². The Balaban J connectivity index is 1.45. The SMILES string of the molecule is C[N+]1(C)CCC(CCC(=O)N[C@H]2CCN(CC(=O)N[C@@H](CCCN=C(N)N)C(=O)c3nccs3)C2=O)CC1. The Kier molecular flexibility index (Phi) is 10.6. The molecule has 1 aromatic rings. The smallest absolute Gasteiger partial charge is 0.245 e. The van der Waals surface area contributed by atoms with Crippen LogP contribution in [0.4, 0.5) is 0 Å². The molecule has 1 aromatic heterocycles. The molecule has 3 amide bonds. The van der Waals surface area contributed by atoms with E-state index in [0.29, 0.717) is 49.7 Å². The van der Waals surface area contributed by atoms with Gasteiger partial charge in [-0.25, -0.2) is 4.98 Å². The van der Waals surface area contributed by atoms with Crippen molar-refractivity contribution in [2.75, 3.05) is 46.8 Å². The first-order valence-electron chi connectivity index (χ1n) is 13.2. The van der Waals surface area contributed by atoms with E-state index in [4.69, 9.17) is 11.5 Å². The largest absolute Gasteiger partial charge is 0.370 e. The number of aliphatic imine (C=N–C) groups is 1. The van der Waals surface area contributed by atoms with Gasteiger partial charge in [-0.05, 0) is 44.4 Å². The molecule has 2 aliphatic rings. The number of nitrogens with one attached hydrogen (secondary N) is 2. The van der Waals surface area contributed by atoms with Gasteiger partial charge in [-0.15, -0.1) is 11.3 Å². The maximum absolute atomic E-state index is 12.9. The zero-order valence-corrected chi connectivity index (χ0v) is 23.2. The number of ketones is 1. The van der Waals surface area contributed by atoms with Gasteiger partial charge in [0.2, 0.25) is 23.5 Å². The molecule has 38 heavy (non-hydrogen) atoms. The van der Waals surface area contributed by atoms with Gasteiger partial charge in [0.25, 0.3) is 0 Å². The lowest BCUT2D eigenvalue weighted by atomic mass is 9.91. The van der Waals surface area contributed by atoms with Crippen LogP contribution in [0.25, 0.3) is 0 Å². The molecule has 210 valence electrons. The summed E-state index contributed by atoms with van der Waals surface area (Å²) < 4.78 is 1.03. The number of aromatic nitrogens is 1. The number of nitrogens with two attached hydrogens (primary N) is 2. The number of carbonyl (C=O) groups excluding carboxylic acids is 4. The molecule has 0 saturated carbocycles. The van der Waals surface area contributed by atoms with Crippen LogP contribution in [-0.4, -0.2) is 103 Å². The minimum absolute atomic E-state index is 0.0385. The van der Waals surface area contributed by atoms with E-state index in [1.54, 1.807) is 5.38 Å². The van der Waals surface area contributed by atoms with Crippen LogP contribution in [0.5, 0.6) is 0 Å². The van der Waals surface area contributed by atoms with Crippen molar-refractivity contribution in [1.82, 2.24) is 20.5 Å². The number of nitrogens with zero attached hydrogens (tertiary/aromatic N) is 4. The number of likely N-dealkylation sites (tertiary alicyclic amines) is 2. The topological polar surface area (TPSA) is 173 Å². The van der Waals surface area contributed by atoms with E-state index in [2.05, 4.69) is 34.7 Å². The Bertz CT molecular complexity index is 999. The number of thiazole rings is 1. The summed E-state index contributed by atoms with van der Waals surface area (Å²) in [7, 11) is 4.46. The first-order chi connectivity index (χ1) is 18.0. The highest BCUT2D eigenvalue weighted by atomic mass is 32.1. The van der Waals surface area contributed by atoms with Gasteiger partial charge in [-0.1, -0.05) is 0 Å². The van der Waals surface area contributed by atoms with Crippen molar-refractivity contribution in [1.29, 1.82) is 0 Å². The van der Waals surface area contributed by atoms with E-state index in [-0.39, 0.29) is 30.1 Å². The lowest BCUT2D eigenvalue weighted by Gasteiger charge is -2.37. The molecule has 0 aliphatic carbocycles. The molecule has 2 aliphatic heterocycles. The normalized spacial score (nSPS) is 20.1. The Morgan fingerprint density at radius 3 is 2.61 bits per heavy atom. The molecular weight excluding hydrogens is 508 g/mol. The predicted octanol–water partition coefficient (Wildman–Crippen LogP) is -0.152. The van der Waals surface area contributed by atoms with Crippen LogP contribution in [-0.2, 0) is 14.4 Å². The molecule has 0 unspecified atom stereocenters. The van der Waals surface area contributed by atoms with E-state index in [1.165, 1.54) is 22.4 Å². The maximum Gasteiger partial charge on any atom is 0.245 e. The number of hydrogen-bond donors (Lipinski definition) is 4. The van der Waals surface area contributed by atoms with Crippen LogP contribution in [0.15, 0.2) is 16.6 Å². The number of amides is 3. The van der Waals surface area contributed by atoms with Gasteiger partial charge in [0.15, 0.2) is 11.0 Å². The monoisotopic (exact) mass is 549 g/mol. The second kappa shape index (κ2) is 13.7. The first kappa shape index (κ1) is 29.5. The summed E-state index contributed by atoms with van der Waals surface area (Å²) in [6.45, 7) is 2.75. The highest BCUT2D eigenvalue weighted by Gasteiger charge is 2.35. The van der Waals surface area contributed by atoms with Crippen molar-refractivity contribution in [2.45, 2.75) is 57.0 Å². The highest BCUT2D eigenvalue weighted by Crippen LogP contribution is 2.24. The first-order valence-corrected chi connectivity index (χ1v) is 14.1. The standard InChI is InChI=1S/C25H40N8O4S/c1-33(2)13-8-17(9-14-33)5-6-20(34)31-19-7-12-32(24(19)37)16-21(35)30-18(4-3-10-29-25(26)27)22(36)23-28-11-15-38-23/h11,15,17-19H,3-10,12-14,16H2,1-2H3,(H5-,26,27,29,30,31,34,35)/p+1/t18-,19-/m0/s1. The molecule has 13 heteroatoms. The quantitative estimate of drug-likeness (QED) is 0.0870. The fraction of sp³-hybridized carbons (Fsp3) is 0.680. The Morgan fingerprint density at radius 2 is 1.95 bits per heavy atom. The Morgan fingerprint density at radius 1 is 1.21 bits per heavy atom. The summed E-state index contributed by atoms with van der Waals surface area (Å²) in [5.41, 5.74) is 10.7. The van der Waals surface area contributed by atoms with Gasteiger partial charge in [-0.3, -0.25) is 24.2 Å².